The molecule has 1 fully saturated rings. The zero-order valence-electron chi connectivity index (χ0n) is 7.90. The number of carboxylic acids is 1. The first-order chi connectivity index (χ1) is 6.65. The van der Waals surface area contributed by atoms with Crippen molar-refractivity contribution in [3.63, 3.8) is 0 Å². The second kappa shape index (κ2) is 4.60. The third kappa shape index (κ3) is 2.45. The first-order valence-electron chi connectivity index (χ1n) is 4.49. The highest BCUT2D eigenvalue weighted by Crippen LogP contribution is 2.13. The topological polar surface area (TPSA) is 57.6 Å². The molecule has 0 spiro atoms. The van der Waals surface area contributed by atoms with Crippen LogP contribution >= 0.6 is 0 Å². The minimum absolute atomic E-state index is 0.00666. The number of amides is 1. The summed E-state index contributed by atoms with van der Waals surface area (Å²) in [6.45, 7) is 4.09. The van der Waals surface area contributed by atoms with Crippen molar-refractivity contribution in [2.24, 2.45) is 0 Å². The van der Waals surface area contributed by atoms with Gasteiger partial charge in [0.2, 0.25) is 5.91 Å². The molecule has 0 aromatic carbocycles. The van der Waals surface area contributed by atoms with Gasteiger partial charge in [0.1, 0.15) is 0 Å². The average Bonchev–Trinajstić information content (AvgIpc) is 2.51. The SMILES string of the molecule is C=CCC(=CN1CCCC1=O)C(=O)O. The molecule has 1 amide bonds. The van der Waals surface area contributed by atoms with E-state index in [1.807, 2.05) is 0 Å². The van der Waals surface area contributed by atoms with Crippen molar-refractivity contribution in [1.82, 2.24) is 4.90 Å². The lowest BCUT2D eigenvalue weighted by atomic mass is 10.2. The number of allylic oxidation sites excluding steroid dienone is 1. The highest BCUT2D eigenvalue weighted by molar-refractivity contribution is 5.88. The van der Waals surface area contributed by atoms with Gasteiger partial charge in [-0.3, -0.25) is 4.79 Å². The molecule has 14 heavy (non-hydrogen) atoms. The Balaban J connectivity index is 2.75. The van der Waals surface area contributed by atoms with E-state index in [1.54, 1.807) is 0 Å². The summed E-state index contributed by atoms with van der Waals surface area (Å²) in [4.78, 5) is 23.4. The summed E-state index contributed by atoms with van der Waals surface area (Å²) >= 11 is 0. The largest absolute Gasteiger partial charge is 0.478 e. The number of nitrogens with zero attached hydrogens (tertiary/aromatic N) is 1. The second-order valence-electron chi connectivity index (χ2n) is 3.14. The Labute approximate surface area is 82.5 Å². The van der Waals surface area contributed by atoms with Crippen LogP contribution in [-0.4, -0.2) is 28.4 Å². The van der Waals surface area contributed by atoms with E-state index in [4.69, 9.17) is 5.11 Å². The monoisotopic (exact) mass is 195 g/mol. The summed E-state index contributed by atoms with van der Waals surface area (Å²) < 4.78 is 0. The standard InChI is InChI=1S/C10H13NO3/c1-2-4-8(10(13)14)7-11-6-3-5-9(11)12/h2,7H,1,3-6H2,(H,13,14). The van der Waals surface area contributed by atoms with Crippen LogP contribution in [0, 0.1) is 0 Å². The number of hydrogen-bond donors (Lipinski definition) is 1. The molecule has 0 radical (unpaired) electrons. The van der Waals surface area contributed by atoms with Crippen LogP contribution in [0.3, 0.4) is 0 Å². The van der Waals surface area contributed by atoms with Crippen molar-refractivity contribution >= 4 is 11.9 Å². The van der Waals surface area contributed by atoms with Crippen LogP contribution in [0.25, 0.3) is 0 Å². The van der Waals surface area contributed by atoms with Crippen LogP contribution in [0.4, 0.5) is 0 Å². The average molecular weight is 195 g/mol. The van der Waals surface area contributed by atoms with Crippen molar-refractivity contribution in [2.75, 3.05) is 6.54 Å². The molecule has 1 aliphatic rings. The number of hydrogen-bond acceptors (Lipinski definition) is 2. The first-order valence-corrected chi connectivity index (χ1v) is 4.49. The Morgan fingerprint density at radius 2 is 2.36 bits per heavy atom. The summed E-state index contributed by atoms with van der Waals surface area (Å²) in [5, 5.41) is 8.80. The summed E-state index contributed by atoms with van der Waals surface area (Å²) in [6.07, 6.45) is 4.52. The Kier molecular flexibility index (Phi) is 3.45. The summed E-state index contributed by atoms with van der Waals surface area (Å²) in [5.41, 5.74) is 0.204. The van der Waals surface area contributed by atoms with Crippen molar-refractivity contribution in [1.29, 1.82) is 0 Å². The van der Waals surface area contributed by atoms with Crippen molar-refractivity contribution in [3.8, 4) is 0 Å². The van der Waals surface area contributed by atoms with E-state index in [0.717, 1.165) is 6.42 Å². The van der Waals surface area contributed by atoms with Gasteiger partial charge in [-0.2, -0.15) is 0 Å². The van der Waals surface area contributed by atoms with E-state index in [2.05, 4.69) is 6.58 Å². The highest BCUT2D eigenvalue weighted by atomic mass is 16.4. The molecule has 0 bridgehead atoms. The summed E-state index contributed by atoms with van der Waals surface area (Å²) in [6, 6.07) is 0. The lowest BCUT2D eigenvalue weighted by Crippen LogP contribution is -2.19. The first kappa shape index (κ1) is 10.5. The molecule has 76 valence electrons. The van der Waals surface area contributed by atoms with Gasteiger partial charge in [0.25, 0.3) is 0 Å². The lowest BCUT2D eigenvalue weighted by molar-refractivity contribution is -0.132. The molecule has 0 aliphatic carbocycles. The molecule has 0 saturated carbocycles. The third-order valence-electron chi connectivity index (χ3n) is 2.06. The van der Waals surface area contributed by atoms with Gasteiger partial charge >= 0.3 is 5.97 Å². The molecule has 1 saturated heterocycles. The molecule has 1 heterocycles. The predicted molar refractivity (Wildman–Crippen MR) is 51.5 cm³/mol. The zero-order chi connectivity index (χ0) is 10.6. The van der Waals surface area contributed by atoms with Crippen LogP contribution in [0.1, 0.15) is 19.3 Å². The third-order valence-corrected chi connectivity index (χ3v) is 2.06. The maximum Gasteiger partial charge on any atom is 0.333 e. The fourth-order valence-electron chi connectivity index (χ4n) is 1.34. The van der Waals surface area contributed by atoms with Crippen LogP contribution < -0.4 is 0 Å². The molecule has 1 rings (SSSR count). The van der Waals surface area contributed by atoms with Crippen molar-refractivity contribution < 1.29 is 14.7 Å². The van der Waals surface area contributed by atoms with Crippen LogP contribution in [0.5, 0.6) is 0 Å². The van der Waals surface area contributed by atoms with E-state index in [9.17, 15) is 9.59 Å². The quantitative estimate of drug-likeness (QED) is 0.540. The Hall–Kier alpha value is -1.58. The van der Waals surface area contributed by atoms with Gasteiger partial charge in [0, 0.05) is 19.2 Å². The van der Waals surface area contributed by atoms with Crippen LogP contribution in [0.15, 0.2) is 24.4 Å². The van der Waals surface area contributed by atoms with E-state index in [1.165, 1.54) is 17.2 Å². The van der Waals surface area contributed by atoms with Crippen molar-refractivity contribution in [3.05, 3.63) is 24.4 Å². The zero-order valence-corrected chi connectivity index (χ0v) is 7.90. The van der Waals surface area contributed by atoms with Gasteiger partial charge in [-0.25, -0.2) is 4.79 Å². The molecule has 0 atom stereocenters. The highest BCUT2D eigenvalue weighted by Gasteiger charge is 2.19. The molecular formula is C10H13NO3. The number of rotatable bonds is 4. The Morgan fingerprint density at radius 1 is 1.64 bits per heavy atom. The molecular weight excluding hydrogens is 182 g/mol. The van der Waals surface area contributed by atoms with Gasteiger partial charge in [-0.15, -0.1) is 6.58 Å². The Morgan fingerprint density at radius 3 is 2.79 bits per heavy atom. The van der Waals surface area contributed by atoms with E-state index in [-0.39, 0.29) is 17.9 Å². The second-order valence-corrected chi connectivity index (χ2v) is 3.14. The lowest BCUT2D eigenvalue weighted by Gasteiger charge is -2.10. The van der Waals surface area contributed by atoms with Crippen LogP contribution in [-0.2, 0) is 9.59 Å². The molecule has 4 nitrogen and oxygen atoms in total. The maximum atomic E-state index is 11.2. The van der Waals surface area contributed by atoms with Gasteiger partial charge in [0.15, 0.2) is 0 Å². The summed E-state index contributed by atoms with van der Waals surface area (Å²) in [7, 11) is 0. The number of carbonyl (C=O) groups is 2. The number of aliphatic carboxylic acids is 1. The molecule has 0 aromatic rings. The van der Waals surface area contributed by atoms with Gasteiger partial charge < -0.3 is 10.0 Å². The van der Waals surface area contributed by atoms with Crippen molar-refractivity contribution in [2.45, 2.75) is 19.3 Å². The minimum atomic E-state index is -0.996. The normalized spacial score (nSPS) is 17.3. The van der Waals surface area contributed by atoms with Gasteiger partial charge in [-0.05, 0) is 12.8 Å². The molecule has 1 aliphatic heterocycles. The predicted octanol–water partition coefficient (Wildman–Crippen LogP) is 1.15. The number of likely N-dealkylation sites (tertiary alicyclic amines) is 1. The molecule has 0 aromatic heterocycles. The fraction of sp³-hybridized carbons (Fsp3) is 0.400. The van der Waals surface area contributed by atoms with E-state index in [0.29, 0.717) is 13.0 Å². The number of carbonyl (C=O) groups excluding carboxylic acids is 1. The van der Waals surface area contributed by atoms with Gasteiger partial charge in [-0.1, -0.05) is 6.08 Å². The maximum absolute atomic E-state index is 11.2. The van der Waals surface area contributed by atoms with E-state index >= 15 is 0 Å². The molecule has 1 N–H and O–H groups in total. The fourth-order valence-corrected chi connectivity index (χ4v) is 1.34. The minimum Gasteiger partial charge on any atom is -0.478 e. The van der Waals surface area contributed by atoms with Gasteiger partial charge in [0.05, 0.1) is 5.57 Å². The summed E-state index contributed by atoms with van der Waals surface area (Å²) in [5.74, 6) is -1.00. The van der Waals surface area contributed by atoms with Crippen LogP contribution in [0.2, 0.25) is 0 Å². The molecule has 4 heteroatoms. The number of carboxylic acid groups (broad SMARTS) is 1. The Bertz CT molecular complexity index is 294. The van der Waals surface area contributed by atoms with E-state index < -0.39 is 5.97 Å². The smallest absolute Gasteiger partial charge is 0.333 e. The molecule has 0 unspecified atom stereocenters.